The van der Waals surface area contributed by atoms with Crippen molar-refractivity contribution in [3.8, 4) is 5.75 Å². The third-order valence-corrected chi connectivity index (χ3v) is 6.69. The molecule has 4 heterocycles. The van der Waals surface area contributed by atoms with Gasteiger partial charge in [-0.3, -0.25) is 24.6 Å². The number of nitrogens with one attached hydrogen (secondary N) is 1. The average molecular weight is 450 g/mol. The minimum absolute atomic E-state index is 0.172. The van der Waals surface area contributed by atoms with Crippen LogP contribution in [0.1, 0.15) is 53.6 Å². The second-order valence-corrected chi connectivity index (χ2v) is 8.90. The quantitative estimate of drug-likeness (QED) is 0.669. The third-order valence-electron chi connectivity index (χ3n) is 6.69. The molecule has 0 bridgehead atoms. The van der Waals surface area contributed by atoms with E-state index in [1.807, 2.05) is 24.5 Å². The van der Waals surface area contributed by atoms with E-state index in [2.05, 4.69) is 20.2 Å². The predicted octanol–water partition coefficient (Wildman–Crippen LogP) is 1.67. The number of hydrogen-bond donors (Lipinski definition) is 1. The molecule has 172 valence electrons. The van der Waals surface area contributed by atoms with Crippen LogP contribution in [0, 0.1) is 0 Å². The first kappa shape index (κ1) is 21.5. The lowest BCUT2D eigenvalue weighted by Gasteiger charge is -2.35. The van der Waals surface area contributed by atoms with Crippen LogP contribution in [0.15, 0.2) is 36.9 Å². The molecule has 5 rings (SSSR count). The molecular weight excluding hydrogens is 422 g/mol. The van der Waals surface area contributed by atoms with Crippen molar-refractivity contribution in [2.75, 3.05) is 13.2 Å². The summed E-state index contributed by atoms with van der Waals surface area (Å²) >= 11 is 0. The number of amides is 3. The molecule has 1 unspecified atom stereocenters. The van der Waals surface area contributed by atoms with Gasteiger partial charge in [-0.15, -0.1) is 0 Å². The molecule has 1 aromatic heterocycles. The number of aromatic nitrogens is 2. The molecule has 2 aromatic rings. The van der Waals surface area contributed by atoms with E-state index in [1.54, 1.807) is 17.3 Å². The number of fused-ring (bicyclic) bond motifs is 1. The molecule has 9 heteroatoms. The van der Waals surface area contributed by atoms with Crippen LogP contribution in [0.4, 0.5) is 0 Å². The van der Waals surface area contributed by atoms with Crippen molar-refractivity contribution in [3.63, 3.8) is 0 Å². The summed E-state index contributed by atoms with van der Waals surface area (Å²) < 4.78 is 6.16. The zero-order valence-corrected chi connectivity index (χ0v) is 18.4. The summed E-state index contributed by atoms with van der Waals surface area (Å²) in [5.41, 5.74) is 2.54. The van der Waals surface area contributed by atoms with Crippen LogP contribution in [0.5, 0.6) is 5.75 Å². The zero-order chi connectivity index (χ0) is 22.8. The topological polar surface area (TPSA) is 105 Å². The summed E-state index contributed by atoms with van der Waals surface area (Å²) in [6.45, 7) is 2.73. The highest BCUT2D eigenvalue weighted by atomic mass is 16.5. The molecule has 0 spiro atoms. The van der Waals surface area contributed by atoms with E-state index < -0.39 is 11.9 Å². The van der Waals surface area contributed by atoms with Gasteiger partial charge in [0.2, 0.25) is 11.8 Å². The van der Waals surface area contributed by atoms with Gasteiger partial charge in [-0.25, -0.2) is 9.97 Å². The molecule has 1 aromatic carbocycles. The number of imide groups is 1. The molecule has 33 heavy (non-hydrogen) atoms. The van der Waals surface area contributed by atoms with Crippen LogP contribution >= 0.6 is 0 Å². The molecule has 0 saturated carbocycles. The molecular formula is C24H27N5O4. The predicted molar refractivity (Wildman–Crippen MR) is 118 cm³/mol. The smallest absolute Gasteiger partial charge is 0.255 e. The molecule has 3 amide bonds. The highest BCUT2D eigenvalue weighted by Gasteiger charge is 2.39. The minimum Gasteiger partial charge on any atom is -0.492 e. The fourth-order valence-corrected chi connectivity index (χ4v) is 4.94. The summed E-state index contributed by atoms with van der Waals surface area (Å²) in [4.78, 5) is 48.7. The van der Waals surface area contributed by atoms with Crippen LogP contribution in [0.25, 0.3) is 0 Å². The lowest BCUT2D eigenvalue weighted by atomic mass is 10.0. The number of carbonyl (C=O) groups is 3. The maximum atomic E-state index is 12.9. The van der Waals surface area contributed by atoms with Crippen LogP contribution < -0.4 is 10.1 Å². The summed E-state index contributed by atoms with van der Waals surface area (Å²) in [7, 11) is 0. The van der Waals surface area contributed by atoms with E-state index in [0.29, 0.717) is 31.2 Å². The summed E-state index contributed by atoms with van der Waals surface area (Å²) in [5, 5.41) is 2.33. The lowest BCUT2D eigenvalue weighted by molar-refractivity contribution is -0.136. The fourth-order valence-electron chi connectivity index (χ4n) is 4.94. The second-order valence-electron chi connectivity index (χ2n) is 8.90. The number of likely N-dealkylation sites (tertiary alicyclic amines) is 1. The van der Waals surface area contributed by atoms with Crippen molar-refractivity contribution >= 4 is 17.7 Å². The molecule has 9 nitrogen and oxygen atoms in total. The first-order chi connectivity index (χ1) is 16.1. The number of piperidine rings is 2. The van der Waals surface area contributed by atoms with Crippen LogP contribution in [-0.2, 0) is 22.7 Å². The summed E-state index contributed by atoms with van der Waals surface area (Å²) in [5.74, 6) is -0.132. The Morgan fingerprint density at radius 2 is 1.94 bits per heavy atom. The van der Waals surface area contributed by atoms with Gasteiger partial charge in [0, 0.05) is 49.1 Å². The van der Waals surface area contributed by atoms with Crippen LogP contribution in [-0.4, -0.2) is 62.7 Å². The average Bonchev–Trinajstić information content (AvgIpc) is 3.14. The third kappa shape index (κ3) is 4.59. The number of ether oxygens (including phenoxy) is 1. The highest BCUT2D eigenvalue weighted by Crippen LogP contribution is 2.30. The maximum Gasteiger partial charge on any atom is 0.255 e. The molecule has 2 atom stereocenters. The van der Waals surface area contributed by atoms with Crippen molar-refractivity contribution in [1.29, 1.82) is 0 Å². The van der Waals surface area contributed by atoms with E-state index in [0.717, 1.165) is 36.4 Å². The number of nitrogens with zero attached hydrogens (tertiary/aromatic N) is 4. The molecule has 2 saturated heterocycles. The van der Waals surface area contributed by atoms with Gasteiger partial charge in [0.25, 0.3) is 5.91 Å². The Kier molecular flexibility index (Phi) is 6.04. The molecule has 1 N–H and O–H groups in total. The Morgan fingerprint density at radius 3 is 2.76 bits per heavy atom. The summed E-state index contributed by atoms with van der Waals surface area (Å²) in [6, 6.07) is 5.19. The lowest BCUT2D eigenvalue weighted by Crippen LogP contribution is -2.52. The van der Waals surface area contributed by atoms with Crippen molar-refractivity contribution in [1.82, 2.24) is 25.1 Å². The zero-order valence-electron chi connectivity index (χ0n) is 18.4. The number of carbonyl (C=O) groups excluding carboxylic acids is 3. The Hall–Kier alpha value is -3.33. The van der Waals surface area contributed by atoms with Gasteiger partial charge in [0.1, 0.15) is 24.7 Å². The van der Waals surface area contributed by atoms with E-state index in [4.69, 9.17) is 4.74 Å². The largest absolute Gasteiger partial charge is 0.492 e. The monoisotopic (exact) mass is 449 g/mol. The molecule has 3 aliphatic heterocycles. The van der Waals surface area contributed by atoms with Crippen molar-refractivity contribution in [2.45, 2.75) is 57.3 Å². The van der Waals surface area contributed by atoms with E-state index >= 15 is 0 Å². The standard InChI is InChI=1S/C24H27N5O4/c30-22-7-6-21(23(31)27-22)29-13-17-9-19(4-5-20(17)24(29)32)33-14-18-3-1-2-8-28(18)12-16-10-25-15-26-11-16/h4-5,9-11,15,18,21H,1-3,6-8,12-14H2,(H,27,30,31)/t18-,21?/m1/s1. The Balaban J connectivity index is 1.23. The Labute approximate surface area is 192 Å². The van der Waals surface area contributed by atoms with Gasteiger partial charge in [-0.2, -0.15) is 0 Å². The van der Waals surface area contributed by atoms with Crippen molar-refractivity contribution in [3.05, 3.63) is 53.6 Å². The first-order valence-electron chi connectivity index (χ1n) is 11.5. The molecule has 3 aliphatic rings. The van der Waals surface area contributed by atoms with Gasteiger partial charge in [-0.1, -0.05) is 6.42 Å². The maximum absolute atomic E-state index is 12.9. The van der Waals surface area contributed by atoms with E-state index in [9.17, 15) is 14.4 Å². The van der Waals surface area contributed by atoms with Gasteiger partial charge >= 0.3 is 0 Å². The number of benzene rings is 1. The highest BCUT2D eigenvalue weighted by molar-refractivity contribution is 6.05. The van der Waals surface area contributed by atoms with Gasteiger partial charge in [0.15, 0.2) is 0 Å². The summed E-state index contributed by atoms with van der Waals surface area (Å²) in [6.07, 6.45) is 9.27. The van der Waals surface area contributed by atoms with Crippen LogP contribution in [0.2, 0.25) is 0 Å². The van der Waals surface area contributed by atoms with Gasteiger partial charge < -0.3 is 9.64 Å². The van der Waals surface area contributed by atoms with Gasteiger partial charge in [-0.05, 0) is 49.6 Å². The Bertz CT molecular complexity index is 1060. The minimum atomic E-state index is -0.607. The number of rotatable bonds is 6. The van der Waals surface area contributed by atoms with E-state index in [-0.39, 0.29) is 18.2 Å². The van der Waals surface area contributed by atoms with Crippen LogP contribution in [0.3, 0.4) is 0 Å². The normalized spacial score (nSPS) is 23.4. The second kappa shape index (κ2) is 9.27. The molecule has 0 aliphatic carbocycles. The molecule has 0 radical (unpaired) electrons. The number of hydrogen-bond acceptors (Lipinski definition) is 7. The Morgan fingerprint density at radius 1 is 1.09 bits per heavy atom. The fraction of sp³-hybridized carbons (Fsp3) is 0.458. The van der Waals surface area contributed by atoms with Crippen molar-refractivity contribution < 1.29 is 19.1 Å². The van der Waals surface area contributed by atoms with Crippen molar-refractivity contribution in [2.24, 2.45) is 0 Å². The molecule has 2 fully saturated rings. The van der Waals surface area contributed by atoms with E-state index in [1.165, 1.54) is 12.8 Å². The van der Waals surface area contributed by atoms with Gasteiger partial charge in [0.05, 0.1) is 0 Å². The SMILES string of the molecule is O=C1CCC(N2Cc3cc(OC[C@H]4CCCCN4Cc4cncnc4)ccc3C2=O)C(=O)N1. The first-order valence-corrected chi connectivity index (χ1v) is 11.5.